The van der Waals surface area contributed by atoms with Crippen molar-refractivity contribution in [3.63, 3.8) is 0 Å². The van der Waals surface area contributed by atoms with E-state index in [1.807, 2.05) is 0 Å². The molecule has 3 aliphatic rings. The number of anilines is 3. The Hall–Kier alpha value is -6.89. The second-order valence-electron chi connectivity index (χ2n) is 16.0. The van der Waals surface area contributed by atoms with Crippen LogP contribution in [0.25, 0.3) is 65.7 Å². The van der Waals surface area contributed by atoms with Gasteiger partial charge in [0, 0.05) is 22.5 Å². The Kier molecular flexibility index (Phi) is 6.03. The molecule has 9 aromatic carbocycles. The maximum absolute atomic E-state index is 10.6. The minimum absolute atomic E-state index is 0.00559. The van der Waals surface area contributed by atoms with Gasteiger partial charge in [0.15, 0.2) is 0 Å². The lowest BCUT2D eigenvalue weighted by molar-refractivity contribution is 0.660. The summed E-state index contributed by atoms with van der Waals surface area (Å²) in [5.41, 5.74) is 18.0. The van der Waals surface area contributed by atoms with E-state index in [2.05, 4.69) is 189 Å². The summed E-state index contributed by atoms with van der Waals surface area (Å²) >= 11 is 0. The molecule has 254 valence electrons. The lowest BCUT2D eigenvalue weighted by Crippen LogP contribution is -2.59. The van der Waals surface area contributed by atoms with Gasteiger partial charge in [0.25, 0.3) is 0 Å². The quantitative estimate of drug-likeness (QED) is 0.168. The molecule has 0 bridgehead atoms. The van der Waals surface area contributed by atoms with Gasteiger partial charge in [0.05, 0.1) is 11.6 Å². The van der Waals surface area contributed by atoms with Crippen molar-refractivity contribution in [2.75, 3.05) is 4.90 Å². The molecule has 1 aliphatic carbocycles. The van der Waals surface area contributed by atoms with E-state index in [4.69, 9.17) is 0 Å². The summed E-state index contributed by atoms with van der Waals surface area (Å²) in [7, 11) is 0. The molecule has 0 amide bonds. The monoisotopic (exact) mass is 696 g/mol. The van der Waals surface area contributed by atoms with Crippen LogP contribution < -0.4 is 21.3 Å². The van der Waals surface area contributed by atoms with E-state index < -0.39 is 0 Å². The molecule has 0 unspecified atom stereocenters. The van der Waals surface area contributed by atoms with E-state index in [-0.39, 0.29) is 12.1 Å². The predicted molar refractivity (Wildman–Crippen MR) is 231 cm³/mol. The molecule has 0 radical (unpaired) electrons. The standard InChI is InChI=1S/C52H33BN2/c1-52(2)44-16-8-7-14-39(44)40-21-19-36(27-45(40)52)38-22-23-42-43-24-31(30-54)25-49-51(43)53(46-17-9-15-41(38)50(42)46)47-28-34-12-5-6-13-35(34)29-48(47)55(49)37-20-18-32-10-3-4-11-33(32)26-37/h3-29H,1-2H3. The Morgan fingerprint density at radius 1 is 0.509 bits per heavy atom. The van der Waals surface area contributed by atoms with E-state index >= 15 is 0 Å². The minimum atomic E-state index is -0.0805. The van der Waals surface area contributed by atoms with Crippen molar-refractivity contribution >= 4 is 72.5 Å². The molecule has 0 N–H and O–H groups in total. The molecular weight excluding hydrogens is 663 g/mol. The van der Waals surface area contributed by atoms with Crippen LogP contribution in [0.2, 0.25) is 0 Å². The lowest BCUT2D eigenvalue weighted by Gasteiger charge is -2.41. The number of benzene rings is 9. The van der Waals surface area contributed by atoms with Crippen LogP contribution >= 0.6 is 0 Å². The first kappa shape index (κ1) is 30.6. The summed E-state index contributed by atoms with van der Waals surface area (Å²) in [6.07, 6.45) is 0. The summed E-state index contributed by atoms with van der Waals surface area (Å²) in [5, 5.41) is 17.9. The summed E-state index contributed by atoms with van der Waals surface area (Å²) in [4.78, 5) is 2.41. The normalized spacial score (nSPS) is 14.1. The maximum Gasteiger partial charge on any atom is 0.248 e. The van der Waals surface area contributed by atoms with Gasteiger partial charge >= 0.3 is 0 Å². The molecule has 0 atom stereocenters. The van der Waals surface area contributed by atoms with Crippen molar-refractivity contribution in [3.05, 3.63) is 180 Å². The number of nitrogens with zero attached hydrogens (tertiary/aromatic N) is 2. The maximum atomic E-state index is 10.6. The number of nitriles is 1. The Morgan fingerprint density at radius 2 is 1.22 bits per heavy atom. The third kappa shape index (κ3) is 4.09. The van der Waals surface area contributed by atoms with E-state index in [9.17, 15) is 5.26 Å². The van der Waals surface area contributed by atoms with Gasteiger partial charge in [0.1, 0.15) is 0 Å². The largest absolute Gasteiger partial charge is 0.311 e. The molecule has 2 nitrogen and oxygen atoms in total. The molecule has 3 heteroatoms. The summed E-state index contributed by atoms with van der Waals surface area (Å²) in [6, 6.07) is 63.0. The highest BCUT2D eigenvalue weighted by molar-refractivity contribution is 7.01. The third-order valence-electron chi connectivity index (χ3n) is 12.8. The van der Waals surface area contributed by atoms with E-state index in [1.54, 1.807) is 0 Å². The molecule has 2 aliphatic heterocycles. The molecule has 0 fully saturated rings. The molecule has 0 saturated carbocycles. The molecular formula is C52H33BN2. The van der Waals surface area contributed by atoms with Crippen LogP contribution in [0.15, 0.2) is 164 Å². The second kappa shape index (κ2) is 10.8. The zero-order chi connectivity index (χ0) is 36.6. The molecule has 0 saturated heterocycles. The topological polar surface area (TPSA) is 27.0 Å². The minimum Gasteiger partial charge on any atom is -0.311 e. The van der Waals surface area contributed by atoms with Crippen LogP contribution in [-0.2, 0) is 5.41 Å². The highest BCUT2D eigenvalue weighted by Gasteiger charge is 2.42. The molecule has 0 spiro atoms. The van der Waals surface area contributed by atoms with Crippen LogP contribution in [0.3, 0.4) is 0 Å². The number of fused-ring (bicyclic) bond motifs is 9. The van der Waals surface area contributed by atoms with Crippen molar-refractivity contribution in [1.82, 2.24) is 0 Å². The van der Waals surface area contributed by atoms with Crippen molar-refractivity contribution in [1.29, 1.82) is 5.26 Å². The number of hydrogen-bond acceptors (Lipinski definition) is 2. The van der Waals surface area contributed by atoms with Crippen LogP contribution in [0.5, 0.6) is 0 Å². The Labute approximate surface area is 320 Å². The average Bonchev–Trinajstić information content (AvgIpc) is 3.46. The highest BCUT2D eigenvalue weighted by Crippen LogP contribution is 2.50. The number of rotatable bonds is 2. The second-order valence-corrected chi connectivity index (χ2v) is 16.0. The summed E-state index contributed by atoms with van der Waals surface area (Å²) in [5.74, 6) is 0. The van der Waals surface area contributed by atoms with Crippen molar-refractivity contribution in [2.24, 2.45) is 0 Å². The molecule has 12 rings (SSSR count). The Balaban J connectivity index is 1.14. The molecule has 55 heavy (non-hydrogen) atoms. The van der Waals surface area contributed by atoms with Gasteiger partial charge in [-0.1, -0.05) is 147 Å². The average molecular weight is 697 g/mol. The van der Waals surface area contributed by atoms with Gasteiger partial charge < -0.3 is 4.90 Å². The van der Waals surface area contributed by atoms with Gasteiger partial charge in [-0.25, -0.2) is 0 Å². The van der Waals surface area contributed by atoms with Crippen LogP contribution in [-0.4, -0.2) is 6.71 Å². The fraction of sp³-hybridized carbons (Fsp3) is 0.0577. The Bertz CT molecular complexity index is 3220. The third-order valence-corrected chi connectivity index (χ3v) is 12.8. The number of hydrogen-bond donors (Lipinski definition) is 0. The van der Waals surface area contributed by atoms with Gasteiger partial charge in [-0.15, -0.1) is 0 Å². The molecule has 2 heterocycles. The van der Waals surface area contributed by atoms with Crippen molar-refractivity contribution in [2.45, 2.75) is 19.3 Å². The van der Waals surface area contributed by atoms with E-state index in [0.717, 1.165) is 22.6 Å². The smallest absolute Gasteiger partial charge is 0.248 e. The van der Waals surface area contributed by atoms with Gasteiger partial charge in [-0.05, 0) is 124 Å². The first-order chi connectivity index (χ1) is 27.0. The SMILES string of the molecule is CC1(C)c2ccccc2-c2ccc(-c3ccc4c5c(cccc35)B3c5cc6ccccc6cc5N(c5ccc6ccccc6c5)c5cc(C#N)cc-4c53)cc21. The van der Waals surface area contributed by atoms with E-state index in [0.29, 0.717) is 5.56 Å². The highest BCUT2D eigenvalue weighted by atomic mass is 15.2. The first-order valence-electron chi connectivity index (χ1n) is 19.2. The fourth-order valence-corrected chi connectivity index (χ4v) is 10.3. The van der Waals surface area contributed by atoms with Crippen LogP contribution in [0.1, 0.15) is 30.5 Å². The van der Waals surface area contributed by atoms with Crippen molar-refractivity contribution in [3.8, 4) is 39.4 Å². The zero-order valence-electron chi connectivity index (χ0n) is 30.6. The fourth-order valence-electron chi connectivity index (χ4n) is 10.3. The van der Waals surface area contributed by atoms with Crippen molar-refractivity contribution < 1.29 is 0 Å². The molecule has 0 aromatic heterocycles. The predicted octanol–water partition coefficient (Wildman–Crippen LogP) is 11.3. The van der Waals surface area contributed by atoms with Gasteiger partial charge in [-0.2, -0.15) is 5.26 Å². The van der Waals surface area contributed by atoms with Crippen LogP contribution in [0.4, 0.5) is 17.1 Å². The first-order valence-corrected chi connectivity index (χ1v) is 19.2. The zero-order valence-corrected chi connectivity index (χ0v) is 30.6. The lowest BCUT2D eigenvalue weighted by atomic mass is 9.32. The van der Waals surface area contributed by atoms with Gasteiger partial charge in [0.2, 0.25) is 6.71 Å². The Morgan fingerprint density at radius 3 is 2.05 bits per heavy atom. The van der Waals surface area contributed by atoms with Crippen LogP contribution in [0, 0.1) is 11.3 Å². The van der Waals surface area contributed by atoms with Gasteiger partial charge in [-0.3, -0.25) is 0 Å². The van der Waals surface area contributed by atoms with E-state index in [1.165, 1.54) is 87.6 Å². The summed E-state index contributed by atoms with van der Waals surface area (Å²) < 4.78 is 0. The molecule has 9 aromatic rings. The summed E-state index contributed by atoms with van der Waals surface area (Å²) in [6.45, 7) is 4.70.